The molecule has 1 aliphatic rings. The Bertz CT molecular complexity index is 2820. The summed E-state index contributed by atoms with van der Waals surface area (Å²) in [6.07, 6.45) is 1.08. The second kappa shape index (κ2) is 35.0. The molecule has 1 saturated heterocycles. The number of carbonyl (C=O) groups is 7. The second-order valence-corrected chi connectivity index (χ2v) is 26.3. The number of ether oxygens (including phenoxy) is 1. The molecule has 0 radical (unpaired) electrons. The molecule has 1 unspecified atom stereocenters. The molecule has 0 spiro atoms. The molecule has 0 bridgehead atoms. The lowest BCUT2D eigenvalue weighted by Crippen LogP contribution is -2.42. The van der Waals surface area contributed by atoms with E-state index >= 15 is 0 Å². The summed E-state index contributed by atoms with van der Waals surface area (Å²) in [4.78, 5) is 122. The third-order valence-corrected chi connectivity index (χ3v) is 18.9. The van der Waals surface area contributed by atoms with Crippen LogP contribution in [0, 0.1) is 12.5 Å². The summed E-state index contributed by atoms with van der Waals surface area (Å²) in [6.45, 7) is 26.3. The Morgan fingerprint density at radius 2 is 1.60 bits per heavy atom. The topological polar surface area (TPSA) is 281 Å². The van der Waals surface area contributed by atoms with Crippen LogP contribution in [0.5, 0.6) is 0 Å². The molecule has 29 heteroatoms. The van der Waals surface area contributed by atoms with Gasteiger partial charge in [-0.3, -0.25) is 48.8 Å². The number of aromatic amines is 1. The first-order valence-corrected chi connectivity index (χ1v) is 31.9. The number of hydrogen-bond acceptors (Lipinski definition) is 17. The Balaban J connectivity index is 1.13. The van der Waals surface area contributed by atoms with Gasteiger partial charge in [-0.05, 0) is 104 Å². The Kier molecular flexibility index (Phi) is 29.4. The van der Waals surface area contributed by atoms with Crippen molar-refractivity contribution in [1.29, 1.82) is 0 Å². The van der Waals surface area contributed by atoms with Crippen LogP contribution in [0.25, 0.3) is 16.0 Å². The molecule has 1 aliphatic heterocycles. The van der Waals surface area contributed by atoms with Crippen molar-refractivity contribution in [2.24, 2.45) is 5.92 Å². The largest absolute Gasteiger partial charge is 0.471 e. The van der Waals surface area contributed by atoms with Crippen LogP contribution in [0.2, 0.25) is 0 Å². The number of hydrogen-bond donors (Lipinski definition) is 5. The van der Waals surface area contributed by atoms with Crippen molar-refractivity contribution in [3.63, 3.8) is 0 Å². The van der Waals surface area contributed by atoms with E-state index in [2.05, 4.69) is 99.2 Å². The van der Waals surface area contributed by atoms with E-state index in [1.54, 1.807) is 35.4 Å². The van der Waals surface area contributed by atoms with Gasteiger partial charge in [-0.15, -0.1) is 0 Å². The van der Waals surface area contributed by atoms with Crippen molar-refractivity contribution < 1.29 is 60.5 Å². The Hall–Kier alpha value is -5.98. The molecule has 2 aromatic heterocycles. The Morgan fingerprint density at radius 1 is 0.929 bits per heavy atom. The summed E-state index contributed by atoms with van der Waals surface area (Å²) in [6, 6.07) is 3.60. The number of likely N-dealkylation sites (tertiary alicyclic amines) is 1. The van der Waals surface area contributed by atoms with Crippen molar-refractivity contribution in [2.75, 3.05) is 55.9 Å². The highest BCUT2D eigenvalue weighted by atomic mass is 33.1. The normalized spacial score (nSPS) is 15.2. The molecule has 3 aromatic rings. The van der Waals surface area contributed by atoms with E-state index in [9.17, 15) is 51.5 Å². The van der Waals surface area contributed by atoms with Gasteiger partial charge in [0.15, 0.2) is 11.2 Å². The number of rotatable bonds is 35. The third kappa shape index (κ3) is 23.7. The number of alkyl halides is 3. The van der Waals surface area contributed by atoms with Crippen LogP contribution in [-0.4, -0.2) is 158 Å². The Labute approximate surface area is 504 Å². The molecule has 4 atom stereocenters. The SMILES string of the molecule is [C-]#[N+]CCOP(O[C@@H]1C[C@@H](CC)N(C(=O)CCC(C)(C)SSCCNC(=O)CCCCCCNC(=O)CC[C@H](NC(=O)c2ccc(N(Cc3cnc4nc(NC(=O)C(C)C)[nH]c(=O)c4n3)C(=O)C(F)(F)F)cc2)C(=O)OC)C1)N(C(C)C)C(C)C. The number of anilines is 2. The first kappa shape index (κ1) is 71.5. The van der Waals surface area contributed by atoms with Crippen molar-refractivity contribution in [2.45, 2.75) is 181 Å². The molecule has 5 N–H and O–H groups in total. The molecule has 23 nitrogen and oxygen atoms in total. The maximum absolute atomic E-state index is 13.9. The molecule has 3 heterocycles. The van der Waals surface area contributed by atoms with Crippen molar-refractivity contribution >= 4 is 94.3 Å². The first-order valence-electron chi connectivity index (χ1n) is 28.5. The minimum absolute atomic E-state index is 0.0476. The van der Waals surface area contributed by atoms with Crippen molar-refractivity contribution in [1.82, 2.24) is 45.5 Å². The Morgan fingerprint density at radius 3 is 2.24 bits per heavy atom. The lowest BCUT2D eigenvalue weighted by atomic mass is 10.1. The van der Waals surface area contributed by atoms with Crippen LogP contribution in [0.4, 0.5) is 24.8 Å². The number of halogens is 3. The number of amides is 6. The molecule has 1 fully saturated rings. The number of aromatic nitrogens is 4. The molecule has 0 saturated carbocycles. The first-order chi connectivity index (χ1) is 40.2. The maximum Gasteiger partial charge on any atom is 0.471 e. The van der Waals surface area contributed by atoms with Gasteiger partial charge in [0.05, 0.1) is 31.6 Å². The van der Waals surface area contributed by atoms with E-state index in [0.717, 1.165) is 63.3 Å². The van der Waals surface area contributed by atoms with Crippen molar-refractivity contribution in [3.8, 4) is 0 Å². The van der Waals surface area contributed by atoms with Gasteiger partial charge in [-0.2, -0.15) is 18.2 Å². The van der Waals surface area contributed by atoms with Gasteiger partial charge in [-0.1, -0.05) is 55.2 Å². The highest BCUT2D eigenvalue weighted by Crippen LogP contribution is 2.49. The predicted octanol–water partition coefficient (Wildman–Crippen LogP) is 8.26. The van der Waals surface area contributed by atoms with Crippen LogP contribution >= 0.6 is 30.1 Å². The minimum atomic E-state index is -5.35. The van der Waals surface area contributed by atoms with E-state index in [1.807, 2.05) is 4.90 Å². The number of H-pyrrole nitrogens is 1. The molecule has 6 amide bonds. The monoisotopic (exact) mass is 1250 g/mol. The molecular weight excluding hydrogens is 1170 g/mol. The maximum atomic E-state index is 13.9. The summed E-state index contributed by atoms with van der Waals surface area (Å²) in [5.74, 6) is -4.67. The van der Waals surface area contributed by atoms with Gasteiger partial charge in [-0.25, -0.2) is 26.0 Å². The van der Waals surface area contributed by atoms with E-state index in [0.29, 0.717) is 69.0 Å². The van der Waals surface area contributed by atoms with Crippen molar-refractivity contribution in [3.05, 3.63) is 63.5 Å². The molecule has 470 valence electrons. The molecule has 0 aliphatic carbocycles. The smallest absolute Gasteiger partial charge is 0.467 e. The zero-order chi connectivity index (χ0) is 63.0. The standard InChI is InChI=1S/C56H82F3N12O11PS2/c1-12-40-31-42(82-83(81-29-27-60-10)71(36(4)5)37(6)7)34-69(40)46(74)24-25-55(8,9)85-84-30-28-62-44(72)17-15-13-14-16-26-61-45(73)23-22-43(52(78)80-11)65-50(76)38-18-20-41(21-19-38)70(53(79)56(57,58)59)33-39-32-63-48-47(64-39)51(77)68-54(66-48)67-49(75)35(2)3/h18-21,32,35-37,40,42-43H,12-17,22-31,33-34H2,1-9,11H3,(H,61,73)(H,62,72)(H,65,76)(H2,63,66,67,68,75,77)/t40-,42-,43+,83?/m1/s1. The van der Waals surface area contributed by atoms with E-state index in [1.165, 1.54) is 0 Å². The summed E-state index contributed by atoms with van der Waals surface area (Å²) >= 11 is 0. The van der Waals surface area contributed by atoms with E-state index < -0.39 is 62.5 Å². The molecule has 85 heavy (non-hydrogen) atoms. The highest BCUT2D eigenvalue weighted by Gasteiger charge is 2.44. The zero-order valence-corrected chi connectivity index (χ0v) is 52.6. The molecule has 4 rings (SSSR count). The number of nitrogens with zero attached hydrogens (tertiary/aromatic N) is 7. The molecular formula is C56H82F3N12O11PS2. The van der Waals surface area contributed by atoms with Gasteiger partial charge in [0.25, 0.3) is 20.0 Å². The minimum Gasteiger partial charge on any atom is -0.467 e. The van der Waals surface area contributed by atoms with Crippen LogP contribution in [-0.2, 0) is 49.1 Å². The average Bonchev–Trinajstić information content (AvgIpc) is 2.56. The number of carbonyl (C=O) groups excluding carboxylic acids is 7. The summed E-state index contributed by atoms with van der Waals surface area (Å²) in [5.41, 5.74) is -2.06. The summed E-state index contributed by atoms with van der Waals surface area (Å²) in [7, 11) is 3.07. The van der Waals surface area contributed by atoms with E-state index in [4.69, 9.17) is 20.4 Å². The van der Waals surface area contributed by atoms with Crippen LogP contribution in [0.1, 0.15) is 149 Å². The quantitative estimate of drug-likeness (QED) is 0.0122. The third-order valence-electron chi connectivity index (χ3n) is 13.4. The fraction of sp³-hybridized carbons (Fsp3) is 0.643. The highest BCUT2D eigenvalue weighted by molar-refractivity contribution is 8.77. The summed E-state index contributed by atoms with van der Waals surface area (Å²) in [5, 5.41) is 10.7. The lowest BCUT2D eigenvalue weighted by Gasteiger charge is -2.36. The second-order valence-electron chi connectivity index (χ2n) is 21.7. The zero-order valence-electron chi connectivity index (χ0n) is 50.1. The fourth-order valence-electron chi connectivity index (χ4n) is 8.90. The van der Waals surface area contributed by atoms with Crippen LogP contribution in [0.3, 0.4) is 0 Å². The van der Waals surface area contributed by atoms with Gasteiger partial charge in [0, 0.05) is 84.7 Å². The number of nitrogens with one attached hydrogen (secondary N) is 5. The van der Waals surface area contributed by atoms with Gasteiger partial charge in [0.2, 0.25) is 36.1 Å². The molecule has 1 aromatic carbocycles. The number of unbranched alkanes of at least 4 members (excludes halogenated alkanes) is 3. The number of methoxy groups -OCH3 is 1. The number of fused-ring (bicyclic) bond motifs is 1. The van der Waals surface area contributed by atoms with Crippen LogP contribution in [0.15, 0.2) is 35.3 Å². The predicted molar refractivity (Wildman–Crippen MR) is 322 cm³/mol. The van der Waals surface area contributed by atoms with Gasteiger partial charge in [0.1, 0.15) is 12.6 Å². The van der Waals surface area contributed by atoms with Crippen LogP contribution < -0.4 is 31.7 Å². The summed E-state index contributed by atoms with van der Waals surface area (Å²) < 4.78 is 61.2. The van der Waals surface area contributed by atoms with Gasteiger partial charge >= 0.3 is 18.1 Å². The van der Waals surface area contributed by atoms with E-state index in [-0.39, 0.29) is 100 Å². The fourth-order valence-corrected chi connectivity index (χ4v) is 13.1. The number of esters is 1. The average molecular weight is 1250 g/mol. The lowest BCUT2D eigenvalue weighted by molar-refractivity contribution is -0.170. The van der Waals surface area contributed by atoms with Gasteiger partial charge < -0.3 is 39.5 Å². The number of benzene rings is 1.